The van der Waals surface area contributed by atoms with Crippen molar-refractivity contribution in [2.45, 2.75) is 65.2 Å². The van der Waals surface area contributed by atoms with Crippen LogP contribution < -0.4 is 0 Å². The van der Waals surface area contributed by atoms with E-state index in [2.05, 4.69) is 13.8 Å². The van der Waals surface area contributed by atoms with Crippen LogP contribution in [0.4, 0.5) is 0 Å². The highest BCUT2D eigenvalue weighted by Crippen LogP contribution is 2.04. The van der Waals surface area contributed by atoms with E-state index in [0.717, 1.165) is 25.7 Å². The van der Waals surface area contributed by atoms with E-state index >= 15 is 0 Å². The Bertz CT molecular complexity index is 222. The predicted octanol–water partition coefficient (Wildman–Crippen LogP) is 2.37. The van der Waals surface area contributed by atoms with Crippen LogP contribution in [0.5, 0.6) is 0 Å². The third kappa shape index (κ3) is 23.7. The number of unbranched alkanes of at least 4 members (excludes halogenated alkanes) is 5. The van der Waals surface area contributed by atoms with E-state index in [0.29, 0.717) is 13.0 Å². The van der Waals surface area contributed by atoms with Crippen molar-refractivity contribution in [2.75, 3.05) is 33.0 Å². The summed E-state index contributed by atoms with van der Waals surface area (Å²) in [7, 11) is 0. The van der Waals surface area contributed by atoms with E-state index < -0.39 is 5.97 Å². The van der Waals surface area contributed by atoms with Gasteiger partial charge in [-0.2, -0.15) is 0 Å². The van der Waals surface area contributed by atoms with Crippen LogP contribution in [0.25, 0.3) is 0 Å². The Kier molecular flexibility index (Phi) is 22.7. The minimum Gasteiger partial charge on any atom is -0.481 e. The summed E-state index contributed by atoms with van der Waals surface area (Å²) < 4.78 is 0. The van der Waals surface area contributed by atoms with E-state index in [1.54, 1.807) is 0 Å². The van der Waals surface area contributed by atoms with Crippen LogP contribution in [-0.2, 0) is 14.5 Å². The fourth-order valence-electron chi connectivity index (χ4n) is 1.62. The largest absolute Gasteiger partial charge is 0.481 e. The van der Waals surface area contributed by atoms with Crippen molar-refractivity contribution in [1.29, 1.82) is 0 Å². The normalized spacial score (nSPS) is 10.5. The molecule has 0 unspecified atom stereocenters. The van der Waals surface area contributed by atoms with Crippen molar-refractivity contribution in [3.8, 4) is 0 Å². The van der Waals surface area contributed by atoms with Crippen molar-refractivity contribution in [3.05, 3.63) is 0 Å². The molecule has 23 heavy (non-hydrogen) atoms. The number of hydrogen-bond donors (Lipinski definition) is 3. The van der Waals surface area contributed by atoms with E-state index in [9.17, 15) is 4.79 Å². The second-order valence-electron chi connectivity index (χ2n) is 5.08. The van der Waals surface area contributed by atoms with Crippen LogP contribution in [0.1, 0.15) is 65.2 Å². The Labute approximate surface area is 140 Å². The number of hydroxylamine groups is 2. The maximum absolute atomic E-state index is 10.0. The maximum Gasteiger partial charge on any atom is 0.303 e. The summed E-state index contributed by atoms with van der Waals surface area (Å²) in [6.07, 6.45) is 7.88. The number of rotatable bonds is 15. The number of aliphatic hydroxyl groups is 2. The van der Waals surface area contributed by atoms with Gasteiger partial charge in [-0.3, -0.25) is 14.5 Å². The zero-order chi connectivity index (χ0) is 17.8. The Hall–Kier alpha value is -0.730. The standard InChI is InChI=1S/C8H19NO4.C8H16O2/c1-2-3-4-9(12-7-5-10)13-8-6-11;1-2-3-4-5-6-7-8(9)10/h10-11H,2-8H2,1H3;2-7H2,1H3,(H,9,10). The molecule has 140 valence electrons. The first-order chi connectivity index (χ1) is 11.1. The van der Waals surface area contributed by atoms with Crippen LogP contribution in [-0.4, -0.2) is 59.5 Å². The van der Waals surface area contributed by atoms with Crippen LogP contribution >= 0.6 is 0 Å². The number of aliphatic hydroxyl groups excluding tert-OH is 2. The van der Waals surface area contributed by atoms with Crippen molar-refractivity contribution in [3.63, 3.8) is 0 Å². The molecule has 0 fully saturated rings. The number of aliphatic carboxylic acids is 1. The van der Waals surface area contributed by atoms with Gasteiger partial charge in [0.2, 0.25) is 0 Å². The van der Waals surface area contributed by atoms with E-state index in [-0.39, 0.29) is 26.4 Å². The molecule has 0 heterocycles. The number of hydrogen-bond acceptors (Lipinski definition) is 6. The van der Waals surface area contributed by atoms with Crippen LogP contribution in [0.3, 0.4) is 0 Å². The van der Waals surface area contributed by atoms with Gasteiger partial charge in [0.05, 0.1) is 33.0 Å². The quantitative estimate of drug-likeness (QED) is 0.311. The highest BCUT2D eigenvalue weighted by molar-refractivity contribution is 5.66. The molecule has 7 heteroatoms. The van der Waals surface area contributed by atoms with Gasteiger partial charge in [-0.25, -0.2) is 0 Å². The van der Waals surface area contributed by atoms with Gasteiger partial charge in [0.25, 0.3) is 0 Å². The Morgan fingerprint density at radius 2 is 1.39 bits per heavy atom. The topological polar surface area (TPSA) is 99.5 Å². The average molecular weight is 337 g/mol. The molecular weight excluding hydrogens is 302 g/mol. The van der Waals surface area contributed by atoms with Gasteiger partial charge < -0.3 is 15.3 Å². The highest BCUT2D eigenvalue weighted by atomic mass is 16.9. The number of carboxylic acids is 1. The molecule has 0 aromatic carbocycles. The summed E-state index contributed by atoms with van der Waals surface area (Å²) in [4.78, 5) is 20.1. The fourth-order valence-corrected chi connectivity index (χ4v) is 1.62. The first kappa shape index (κ1) is 24.5. The second kappa shape index (κ2) is 21.3. The lowest BCUT2D eigenvalue weighted by atomic mass is 10.1. The smallest absolute Gasteiger partial charge is 0.303 e. The van der Waals surface area contributed by atoms with Gasteiger partial charge in [-0.1, -0.05) is 51.2 Å². The van der Waals surface area contributed by atoms with Crippen LogP contribution in [0.15, 0.2) is 0 Å². The minimum atomic E-state index is -0.670. The Balaban J connectivity index is 0. The summed E-state index contributed by atoms with van der Waals surface area (Å²) in [6, 6.07) is 0. The van der Waals surface area contributed by atoms with E-state index in [1.807, 2.05) is 0 Å². The summed E-state index contributed by atoms with van der Waals surface area (Å²) in [5, 5.41) is 26.6. The molecule has 0 aliphatic carbocycles. The molecule has 0 aliphatic rings. The lowest BCUT2D eigenvalue weighted by Crippen LogP contribution is -2.28. The molecule has 0 spiro atoms. The van der Waals surface area contributed by atoms with Gasteiger partial charge in [0, 0.05) is 6.42 Å². The van der Waals surface area contributed by atoms with Gasteiger partial charge >= 0.3 is 5.97 Å². The van der Waals surface area contributed by atoms with Crippen LogP contribution in [0.2, 0.25) is 0 Å². The molecule has 7 nitrogen and oxygen atoms in total. The van der Waals surface area contributed by atoms with E-state index in [1.165, 1.54) is 24.5 Å². The molecule has 0 aromatic rings. The van der Waals surface area contributed by atoms with Gasteiger partial charge in [0.1, 0.15) is 0 Å². The van der Waals surface area contributed by atoms with Crippen molar-refractivity contribution in [2.24, 2.45) is 0 Å². The minimum absolute atomic E-state index is 0.0366. The maximum atomic E-state index is 10.0. The van der Waals surface area contributed by atoms with Crippen LogP contribution in [0, 0.1) is 0 Å². The molecule has 0 rings (SSSR count). The molecule has 0 radical (unpaired) electrons. The molecule has 0 saturated heterocycles. The molecule has 0 aromatic heterocycles. The van der Waals surface area contributed by atoms with Gasteiger partial charge in [0.15, 0.2) is 0 Å². The zero-order valence-electron chi connectivity index (χ0n) is 14.7. The summed E-state index contributed by atoms with van der Waals surface area (Å²) >= 11 is 0. The summed E-state index contributed by atoms with van der Waals surface area (Å²) in [5.41, 5.74) is 0. The lowest BCUT2D eigenvalue weighted by Gasteiger charge is -2.19. The molecule has 0 amide bonds. The fraction of sp³-hybridized carbons (Fsp3) is 0.938. The highest BCUT2D eigenvalue weighted by Gasteiger charge is 2.04. The number of carbonyl (C=O) groups is 1. The monoisotopic (exact) mass is 337 g/mol. The Morgan fingerprint density at radius 3 is 1.83 bits per heavy atom. The SMILES string of the molecule is CCCCCCCC(=O)O.CCCCN(OCCO)OCCO. The first-order valence-electron chi connectivity index (χ1n) is 8.59. The predicted molar refractivity (Wildman–Crippen MR) is 88.7 cm³/mol. The van der Waals surface area contributed by atoms with E-state index in [4.69, 9.17) is 25.0 Å². The molecule has 0 bridgehead atoms. The average Bonchev–Trinajstić information content (AvgIpc) is 2.54. The summed E-state index contributed by atoms with van der Waals surface area (Å²) in [5.74, 6) is -0.670. The zero-order valence-corrected chi connectivity index (χ0v) is 14.7. The molecule has 3 N–H and O–H groups in total. The van der Waals surface area contributed by atoms with Crippen molar-refractivity contribution >= 4 is 5.97 Å². The van der Waals surface area contributed by atoms with Crippen molar-refractivity contribution < 1.29 is 29.8 Å². The second-order valence-corrected chi connectivity index (χ2v) is 5.08. The first-order valence-corrected chi connectivity index (χ1v) is 8.59. The van der Waals surface area contributed by atoms with Gasteiger partial charge in [-0.05, 0) is 12.8 Å². The molecule has 0 saturated carbocycles. The summed E-state index contributed by atoms with van der Waals surface area (Å²) in [6.45, 7) is 5.23. The number of carboxylic acid groups (broad SMARTS) is 1. The third-order valence-electron chi connectivity index (χ3n) is 2.84. The Morgan fingerprint density at radius 1 is 0.870 bits per heavy atom. The van der Waals surface area contributed by atoms with Crippen molar-refractivity contribution in [1.82, 2.24) is 5.23 Å². The molecular formula is C16H35NO6. The third-order valence-corrected chi connectivity index (χ3v) is 2.84. The molecule has 0 aliphatic heterocycles. The lowest BCUT2D eigenvalue weighted by molar-refractivity contribution is -0.371. The molecule has 0 atom stereocenters. The van der Waals surface area contributed by atoms with Gasteiger partial charge in [-0.15, -0.1) is 0 Å². The number of nitrogens with zero attached hydrogens (tertiary/aromatic N) is 1.